The second kappa shape index (κ2) is 3.90. The van der Waals surface area contributed by atoms with E-state index in [1.165, 1.54) is 6.07 Å². The normalized spacial score (nSPS) is 18.1. The van der Waals surface area contributed by atoms with E-state index in [2.05, 4.69) is 9.97 Å². The molecule has 1 fully saturated rings. The zero-order chi connectivity index (χ0) is 10.8. The zero-order valence-corrected chi connectivity index (χ0v) is 8.44. The summed E-state index contributed by atoms with van der Waals surface area (Å²) >= 11 is 0. The number of rotatable bonds is 1. The number of aromatic nitrogens is 2. The lowest BCUT2D eigenvalue weighted by atomic mass is 10.1. The Morgan fingerprint density at radius 2 is 2.13 bits per heavy atom. The molecule has 6 nitrogen and oxygen atoms in total. The highest BCUT2D eigenvalue weighted by Crippen LogP contribution is 2.15. The molecule has 1 aliphatic rings. The lowest BCUT2D eigenvalue weighted by Crippen LogP contribution is -2.40. The van der Waals surface area contributed by atoms with Gasteiger partial charge in [-0.25, -0.2) is 0 Å². The second-order valence-corrected chi connectivity index (χ2v) is 3.81. The SMILES string of the molecule is Nc1nc(N2CCC(N)CC2)cc(=O)[nH]1. The molecule has 1 aromatic heterocycles. The highest BCUT2D eigenvalue weighted by atomic mass is 16.1. The minimum absolute atomic E-state index is 0.160. The van der Waals surface area contributed by atoms with E-state index >= 15 is 0 Å². The Kier molecular flexibility index (Phi) is 2.59. The molecule has 0 radical (unpaired) electrons. The van der Waals surface area contributed by atoms with E-state index in [4.69, 9.17) is 11.5 Å². The van der Waals surface area contributed by atoms with Gasteiger partial charge in [0.2, 0.25) is 5.95 Å². The van der Waals surface area contributed by atoms with Crippen LogP contribution >= 0.6 is 0 Å². The lowest BCUT2D eigenvalue weighted by Gasteiger charge is -2.30. The summed E-state index contributed by atoms with van der Waals surface area (Å²) in [7, 11) is 0. The summed E-state index contributed by atoms with van der Waals surface area (Å²) in [6, 6.07) is 1.73. The Morgan fingerprint density at radius 1 is 1.47 bits per heavy atom. The van der Waals surface area contributed by atoms with E-state index in [1.54, 1.807) is 0 Å². The summed E-state index contributed by atoms with van der Waals surface area (Å²) in [5, 5.41) is 0. The number of anilines is 2. The number of nitrogen functional groups attached to an aromatic ring is 1. The van der Waals surface area contributed by atoms with Crippen LogP contribution in [0.15, 0.2) is 10.9 Å². The number of piperidine rings is 1. The molecule has 0 aromatic carbocycles. The van der Waals surface area contributed by atoms with E-state index in [-0.39, 0.29) is 17.5 Å². The van der Waals surface area contributed by atoms with Gasteiger partial charge in [0.15, 0.2) is 0 Å². The number of nitrogens with zero attached hydrogens (tertiary/aromatic N) is 2. The van der Waals surface area contributed by atoms with E-state index in [9.17, 15) is 4.79 Å². The summed E-state index contributed by atoms with van der Waals surface area (Å²) in [6.07, 6.45) is 1.85. The van der Waals surface area contributed by atoms with Gasteiger partial charge in [-0.1, -0.05) is 0 Å². The molecule has 0 bridgehead atoms. The standard InChI is InChI=1S/C9H15N5O/c10-6-1-3-14(4-2-6)7-5-8(15)13-9(11)12-7/h5-6H,1-4,10H2,(H3,11,12,13,15). The molecule has 0 unspecified atom stereocenters. The third-order valence-electron chi connectivity index (χ3n) is 2.61. The van der Waals surface area contributed by atoms with E-state index < -0.39 is 0 Å². The largest absolute Gasteiger partial charge is 0.369 e. The molecule has 1 aliphatic heterocycles. The Balaban J connectivity index is 2.19. The average molecular weight is 209 g/mol. The van der Waals surface area contributed by atoms with Crippen molar-refractivity contribution in [3.05, 3.63) is 16.4 Å². The van der Waals surface area contributed by atoms with Crippen LogP contribution < -0.4 is 21.9 Å². The first-order chi connectivity index (χ1) is 7.15. The number of H-pyrrole nitrogens is 1. The third kappa shape index (κ3) is 2.27. The third-order valence-corrected chi connectivity index (χ3v) is 2.61. The summed E-state index contributed by atoms with van der Waals surface area (Å²) < 4.78 is 0. The van der Waals surface area contributed by atoms with Crippen LogP contribution in [0.4, 0.5) is 11.8 Å². The van der Waals surface area contributed by atoms with Crippen molar-refractivity contribution < 1.29 is 0 Å². The van der Waals surface area contributed by atoms with Gasteiger partial charge in [-0.15, -0.1) is 0 Å². The molecule has 0 spiro atoms. The summed E-state index contributed by atoms with van der Waals surface area (Å²) in [5.41, 5.74) is 11.1. The molecular formula is C9H15N5O. The summed E-state index contributed by atoms with van der Waals surface area (Å²) in [5.74, 6) is 0.801. The van der Waals surface area contributed by atoms with Gasteiger partial charge in [-0.3, -0.25) is 9.78 Å². The number of aromatic amines is 1. The second-order valence-electron chi connectivity index (χ2n) is 3.81. The van der Waals surface area contributed by atoms with Crippen LogP contribution in [0.25, 0.3) is 0 Å². The van der Waals surface area contributed by atoms with Gasteiger partial charge in [0.1, 0.15) is 5.82 Å². The topological polar surface area (TPSA) is 101 Å². The Labute approximate surface area is 87.3 Å². The predicted octanol–water partition coefficient (Wildman–Crippen LogP) is -0.720. The van der Waals surface area contributed by atoms with Crippen LogP contribution in [0, 0.1) is 0 Å². The maximum Gasteiger partial charge on any atom is 0.254 e. The van der Waals surface area contributed by atoms with Crippen molar-refractivity contribution in [1.82, 2.24) is 9.97 Å². The molecule has 0 aliphatic carbocycles. The molecule has 1 saturated heterocycles. The maximum absolute atomic E-state index is 11.2. The van der Waals surface area contributed by atoms with Gasteiger partial charge in [-0.05, 0) is 12.8 Å². The van der Waals surface area contributed by atoms with Crippen LogP contribution in [-0.2, 0) is 0 Å². The molecule has 6 heteroatoms. The van der Waals surface area contributed by atoms with Crippen LogP contribution in [0.3, 0.4) is 0 Å². The van der Waals surface area contributed by atoms with Crippen molar-refractivity contribution in [2.75, 3.05) is 23.7 Å². The maximum atomic E-state index is 11.2. The fourth-order valence-corrected chi connectivity index (χ4v) is 1.75. The first-order valence-electron chi connectivity index (χ1n) is 5.02. The molecular weight excluding hydrogens is 194 g/mol. The van der Waals surface area contributed by atoms with Crippen molar-refractivity contribution in [2.24, 2.45) is 5.73 Å². The van der Waals surface area contributed by atoms with E-state index in [0.29, 0.717) is 5.82 Å². The number of hydrogen-bond acceptors (Lipinski definition) is 5. The minimum Gasteiger partial charge on any atom is -0.369 e. The van der Waals surface area contributed by atoms with Crippen LogP contribution in [0.5, 0.6) is 0 Å². The number of hydrogen-bond donors (Lipinski definition) is 3. The fourth-order valence-electron chi connectivity index (χ4n) is 1.75. The first-order valence-corrected chi connectivity index (χ1v) is 5.02. The number of nitrogens with one attached hydrogen (secondary N) is 1. The highest BCUT2D eigenvalue weighted by molar-refractivity contribution is 5.41. The van der Waals surface area contributed by atoms with Gasteiger partial charge in [0, 0.05) is 25.2 Å². The summed E-state index contributed by atoms with van der Waals surface area (Å²) in [6.45, 7) is 1.66. The molecule has 5 N–H and O–H groups in total. The zero-order valence-electron chi connectivity index (χ0n) is 8.44. The van der Waals surface area contributed by atoms with Gasteiger partial charge in [0.25, 0.3) is 5.56 Å². The van der Waals surface area contributed by atoms with Crippen molar-refractivity contribution in [2.45, 2.75) is 18.9 Å². The smallest absolute Gasteiger partial charge is 0.254 e. The quantitative estimate of drug-likeness (QED) is 0.566. The molecule has 1 aromatic rings. The Bertz CT molecular complexity index is 394. The molecule has 2 heterocycles. The van der Waals surface area contributed by atoms with Gasteiger partial charge in [-0.2, -0.15) is 4.98 Å². The van der Waals surface area contributed by atoms with Gasteiger partial charge in [0.05, 0.1) is 0 Å². The molecule has 0 atom stereocenters. The van der Waals surface area contributed by atoms with Crippen molar-refractivity contribution >= 4 is 11.8 Å². The van der Waals surface area contributed by atoms with E-state index in [1.807, 2.05) is 4.90 Å². The fraction of sp³-hybridized carbons (Fsp3) is 0.556. The molecule has 0 saturated carbocycles. The molecule has 82 valence electrons. The highest BCUT2D eigenvalue weighted by Gasteiger charge is 2.17. The van der Waals surface area contributed by atoms with Crippen LogP contribution in [0.2, 0.25) is 0 Å². The number of nitrogens with two attached hydrogens (primary N) is 2. The predicted molar refractivity (Wildman–Crippen MR) is 58.7 cm³/mol. The van der Waals surface area contributed by atoms with E-state index in [0.717, 1.165) is 25.9 Å². The molecule has 2 rings (SSSR count). The minimum atomic E-state index is -0.215. The molecule has 0 amide bonds. The average Bonchev–Trinajstić information content (AvgIpc) is 2.17. The van der Waals surface area contributed by atoms with Crippen LogP contribution in [-0.4, -0.2) is 29.1 Å². The van der Waals surface area contributed by atoms with Crippen molar-refractivity contribution in [3.63, 3.8) is 0 Å². The molecule has 15 heavy (non-hydrogen) atoms. The summed E-state index contributed by atoms with van der Waals surface area (Å²) in [4.78, 5) is 19.7. The van der Waals surface area contributed by atoms with Crippen molar-refractivity contribution in [1.29, 1.82) is 0 Å². The lowest BCUT2D eigenvalue weighted by molar-refractivity contribution is 0.498. The van der Waals surface area contributed by atoms with Gasteiger partial charge >= 0.3 is 0 Å². The van der Waals surface area contributed by atoms with Gasteiger partial charge < -0.3 is 16.4 Å². The monoisotopic (exact) mass is 209 g/mol. The van der Waals surface area contributed by atoms with Crippen LogP contribution in [0.1, 0.15) is 12.8 Å². The van der Waals surface area contributed by atoms with Crippen molar-refractivity contribution in [3.8, 4) is 0 Å². The Morgan fingerprint density at radius 3 is 2.73 bits per heavy atom. The first kappa shape index (κ1) is 9.97. The Hall–Kier alpha value is -1.56.